The molecule has 0 N–H and O–H groups in total. The van der Waals surface area contributed by atoms with Gasteiger partial charge in [-0.2, -0.15) is 5.11 Å². The van der Waals surface area contributed by atoms with Crippen LogP contribution in [0.5, 0.6) is 0 Å². The third-order valence-corrected chi connectivity index (χ3v) is 1.15. The van der Waals surface area contributed by atoms with Gasteiger partial charge in [0.2, 0.25) is 0 Å². The van der Waals surface area contributed by atoms with E-state index in [0.717, 1.165) is 5.01 Å². The highest BCUT2D eigenvalue weighted by molar-refractivity contribution is 6.20. The van der Waals surface area contributed by atoms with Gasteiger partial charge in [0.25, 0.3) is 5.62 Å². The summed E-state index contributed by atoms with van der Waals surface area (Å²) in [7, 11) is 0. The number of azo groups is 1. The van der Waals surface area contributed by atoms with Crippen molar-refractivity contribution in [2.75, 3.05) is 6.67 Å². The largest absolute Gasteiger partial charge is 0.274 e. The molecule has 0 amide bonds. The summed E-state index contributed by atoms with van der Waals surface area (Å²) in [6.07, 6.45) is 0. The minimum absolute atomic E-state index is 0.0544. The Kier molecular flexibility index (Phi) is 1.48. The molecule has 0 bridgehead atoms. The van der Waals surface area contributed by atoms with Gasteiger partial charge < -0.3 is 0 Å². The Morgan fingerprint density at radius 1 is 1.89 bits per heavy atom. The number of nitro groups is 1. The van der Waals surface area contributed by atoms with Crippen molar-refractivity contribution in [1.29, 1.82) is 0 Å². The second-order valence-electron chi connectivity index (χ2n) is 1.39. The summed E-state index contributed by atoms with van der Waals surface area (Å²) < 4.78 is 0. The van der Waals surface area contributed by atoms with Crippen molar-refractivity contribution in [2.45, 2.75) is 5.62 Å². The van der Waals surface area contributed by atoms with E-state index >= 15 is 0 Å². The van der Waals surface area contributed by atoms with Gasteiger partial charge in [-0.25, -0.2) is 10.1 Å². The number of halogens is 1. The van der Waals surface area contributed by atoms with E-state index in [9.17, 15) is 10.1 Å². The van der Waals surface area contributed by atoms with E-state index in [-0.39, 0.29) is 6.67 Å². The maximum absolute atomic E-state index is 9.94. The molecule has 1 unspecified atom stereocenters. The van der Waals surface area contributed by atoms with Crippen LogP contribution in [0.1, 0.15) is 0 Å². The fourth-order valence-electron chi connectivity index (χ4n) is 0.425. The average molecular weight is 151 g/mol. The Hall–Kier alpha value is -0.910. The van der Waals surface area contributed by atoms with Gasteiger partial charge in [0, 0.05) is 0 Å². The fourth-order valence-corrected chi connectivity index (χ4v) is 0.620. The summed E-state index contributed by atoms with van der Waals surface area (Å²) in [5, 5.41) is 16.7. The molecule has 0 spiro atoms. The third kappa shape index (κ3) is 1.07. The summed E-state index contributed by atoms with van der Waals surface area (Å²) >= 11 is 5.30. The quantitative estimate of drug-likeness (QED) is 0.235. The molecule has 0 saturated carbocycles. The van der Waals surface area contributed by atoms with E-state index < -0.39 is 10.7 Å². The molecule has 7 heteroatoms. The molecule has 1 aliphatic rings. The van der Waals surface area contributed by atoms with Gasteiger partial charge in [0.1, 0.15) is 0 Å². The van der Waals surface area contributed by atoms with Gasteiger partial charge in [-0.1, -0.05) is 16.6 Å². The molecular formula is C2H3ClN4O2. The SMILES string of the molecule is O=[N+]([O-])N1CN=NC1Cl. The number of alkyl halides is 1. The van der Waals surface area contributed by atoms with E-state index in [2.05, 4.69) is 10.2 Å². The van der Waals surface area contributed by atoms with Gasteiger partial charge in [0.05, 0.1) is 0 Å². The summed E-state index contributed by atoms with van der Waals surface area (Å²) in [4.78, 5) is 9.94. The zero-order valence-corrected chi connectivity index (χ0v) is 5.02. The smallest absolute Gasteiger partial charge is 0.234 e. The number of hydrazine groups is 1. The number of hydrogen-bond acceptors (Lipinski definition) is 4. The van der Waals surface area contributed by atoms with Gasteiger partial charge in [-0.15, -0.1) is 5.11 Å². The van der Waals surface area contributed by atoms with Crippen molar-refractivity contribution >= 4 is 11.6 Å². The first-order valence-electron chi connectivity index (χ1n) is 2.13. The maximum Gasteiger partial charge on any atom is 0.274 e. The number of nitrogens with zero attached hydrogens (tertiary/aromatic N) is 4. The fraction of sp³-hybridized carbons (Fsp3) is 1.00. The topological polar surface area (TPSA) is 71.1 Å². The van der Waals surface area contributed by atoms with Crippen molar-refractivity contribution in [3.63, 3.8) is 0 Å². The molecular weight excluding hydrogens is 148 g/mol. The molecule has 0 aromatic carbocycles. The summed E-state index contributed by atoms with van der Waals surface area (Å²) in [5.41, 5.74) is -0.931. The number of rotatable bonds is 1. The van der Waals surface area contributed by atoms with E-state index in [1.165, 1.54) is 0 Å². The second-order valence-corrected chi connectivity index (χ2v) is 1.78. The normalized spacial score (nSPS) is 25.0. The molecule has 0 aliphatic carbocycles. The maximum atomic E-state index is 9.94. The highest BCUT2D eigenvalue weighted by atomic mass is 35.5. The van der Waals surface area contributed by atoms with Crippen LogP contribution in [0, 0.1) is 10.1 Å². The first-order chi connectivity index (χ1) is 4.22. The minimum Gasteiger partial charge on any atom is -0.234 e. The molecule has 6 nitrogen and oxygen atoms in total. The lowest BCUT2D eigenvalue weighted by Crippen LogP contribution is -2.31. The number of hydrogen-bond donors (Lipinski definition) is 0. The average Bonchev–Trinajstić information content (AvgIpc) is 2.13. The molecule has 0 fully saturated rings. The van der Waals surface area contributed by atoms with Crippen LogP contribution in [0.25, 0.3) is 0 Å². The van der Waals surface area contributed by atoms with Gasteiger partial charge in [-0.3, -0.25) is 0 Å². The van der Waals surface area contributed by atoms with Crippen molar-refractivity contribution < 1.29 is 5.03 Å². The van der Waals surface area contributed by atoms with Crippen LogP contribution in [0.2, 0.25) is 0 Å². The molecule has 50 valence electrons. The highest BCUT2D eigenvalue weighted by Crippen LogP contribution is 2.12. The molecule has 1 heterocycles. The first kappa shape index (κ1) is 6.21. The lowest BCUT2D eigenvalue weighted by Gasteiger charge is -2.04. The van der Waals surface area contributed by atoms with Gasteiger partial charge >= 0.3 is 0 Å². The Labute approximate surface area is 55.2 Å². The van der Waals surface area contributed by atoms with E-state index in [1.54, 1.807) is 0 Å². The van der Waals surface area contributed by atoms with Crippen LogP contribution in [0.15, 0.2) is 10.2 Å². The molecule has 0 aromatic heterocycles. The first-order valence-corrected chi connectivity index (χ1v) is 2.57. The standard InChI is InChI=1S/C2H3ClN4O2/c3-2-5-4-1-6(2)7(8)9/h2H,1H2. The zero-order chi connectivity index (χ0) is 6.85. The van der Waals surface area contributed by atoms with Crippen molar-refractivity contribution in [2.24, 2.45) is 10.2 Å². The van der Waals surface area contributed by atoms with Gasteiger partial charge in [0.15, 0.2) is 11.7 Å². The molecule has 0 saturated heterocycles. The molecule has 1 aliphatic heterocycles. The van der Waals surface area contributed by atoms with E-state index in [4.69, 9.17) is 11.6 Å². The highest BCUT2D eigenvalue weighted by Gasteiger charge is 2.27. The summed E-state index contributed by atoms with van der Waals surface area (Å²) in [6, 6.07) is 0. The third-order valence-electron chi connectivity index (χ3n) is 0.841. The molecule has 1 rings (SSSR count). The second kappa shape index (κ2) is 2.14. The van der Waals surface area contributed by atoms with Crippen LogP contribution in [-0.4, -0.2) is 22.3 Å². The Morgan fingerprint density at radius 3 is 2.78 bits per heavy atom. The Morgan fingerprint density at radius 2 is 2.56 bits per heavy atom. The van der Waals surface area contributed by atoms with E-state index in [1.807, 2.05) is 0 Å². The van der Waals surface area contributed by atoms with E-state index in [0.29, 0.717) is 0 Å². The predicted molar refractivity (Wildman–Crippen MR) is 28.2 cm³/mol. The lowest BCUT2D eigenvalue weighted by atomic mass is 11.0. The van der Waals surface area contributed by atoms with Gasteiger partial charge in [-0.05, 0) is 0 Å². The minimum atomic E-state index is -0.931. The summed E-state index contributed by atoms with van der Waals surface area (Å²) in [5.74, 6) is 0. The van der Waals surface area contributed by atoms with Crippen LogP contribution in [-0.2, 0) is 0 Å². The molecule has 1 atom stereocenters. The Balaban J connectivity index is 2.55. The monoisotopic (exact) mass is 150 g/mol. The van der Waals surface area contributed by atoms with Crippen LogP contribution >= 0.6 is 11.6 Å². The molecule has 0 radical (unpaired) electrons. The molecule has 0 aromatic rings. The predicted octanol–water partition coefficient (Wildman–Crippen LogP) is 0.426. The van der Waals surface area contributed by atoms with Crippen LogP contribution in [0.4, 0.5) is 0 Å². The zero-order valence-electron chi connectivity index (χ0n) is 4.27. The van der Waals surface area contributed by atoms with Crippen LogP contribution in [0.3, 0.4) is 0 Å². The molecule has 9 heavy (non-hydrogen) atoms. The van der Waals surface area contributed by atoms with Crippen molar-refractivity contribution in [3.05, 3.63) is 10.1 Å². The Bertz CT molecular complexity index is 159. The van der Waals surface area contributed by atoms with Crippen LogP contribution < -0.4 is 0 Å². The van der Waals surface area contributed by atoms with Crippen molar-refractivity contribution in [1.82, 2.24) is 5.01 Å². The lowest BCUT2D eigenvalue weighted by molar-refractivity contribution is -0.655. The van der Waals surface area contributed by atoms with Crippen molar-refractivity contribution in [3.8, 4) is 0 Å². The summed E-state index contributed by atoms with van der Waals surface area (Å²) in [6.45, 7) is -0.0544.